The van der Waals surface area contributed by atoms with Crippen molar-refractivity contribution in [3.8, 4) is 5.75 Å². The molecule has 12 heteroatoms. The van der Waals surface area contributed by atoms with E-state index in [1.807, 2.05) is 32.9 Å². The molecule has 0 spiro atoms. The van der Waals surface area contributed by atoms with E-state index in [0.29, 0.717) is 37.6 Å². The summed E-state index contributed by atoms with van der Waals surface area (Å²) in [7, 11) is 1.50. The van der Waals surface area contributed by atoms with Gasteiger partial charge in [-0.2, -0.15) is 13.2 Å². The van der Waals surface area contributed by atoms with Crippen LogP contribution in [0.3, 0.4) is 0 Å². The van der Waals surface area contributed by atoms with Crippen LogP contribution in [0.15, 0.2) is 24.4 Å². The van der Waals surface area contributed by atoms with E-state index >= 15 is 0 Å². The molecule has 8 nitrogen and oxygen atoms in total. The summed E-state index contributed by atoms with van der Waals surface area (Å²) in [5, 5.41) is 2.66. The highest BCUT2D eigenvalue weighted by atomic mass is 35.5. The molecule has 3 rings (SSSR count). The van der Waals surface area contributed by atoms with Crippen LogP contribution >= 0.6 is 11.6 Å². The third-order valence-corrected chi connectivity index (χ3v) is 5.26. The van der Waals surface area contributed by atoms with E-state index in [0.717, 1.165) is 11.9 Å². The zero-order chi connectivity index (χ0) is 25.1. The van der Waals surface area contributed by atoms with E-state index in [2.05, 4.69) is 20.2 Å². The van der Waals surface area contributed by atoms with Gasteiger partial charge in [0.2, 0.25) is 5.95 Å². The summed E-state index contributed by atoms with van der Waals surface area (Å²) in [6.45, 7) is 7.78. The lowest BCUT2D eigenvalue weighted by atomic mass is 10.2. The number of halogens is 4. The zero-order valence-corrected chi connectivity index (χ0v) is 20.1. The summed E-state index contributed by atoms with van der Waals surface area (Å²) < 4.78 is 48.7. The van der Waals surface area contributed by atoms with Crippen LogP contribution in [0, 0.1) is 0 Å². The van der Waals surface area contributed by atoms with Crippen LogP contribution in [-0.4, -0.2) is 66.0 Å². The molecule has 2 aromatic rings. The molecule has 0 atom stereocenters. The van der Waals surface area contributed by atoms with E-state index in [9.17, 15) is 18.0 Å². The maximum absolute atomic E-state index is 12.6. The molecule has 1 aliphatic heterocycles. The second-order valence-corrected chi connectivity index (χ2v) is 9.12. The van der Waals surface area contributed by atoms with Crippen LogP contribution in [0.1, 0.15) is 26.3 Å². The molecule has 0 radical (unpaired) electrons. The molecule has 0 aliphatic carbocycles. The summed E-state index contributed by atoms with van der Waals surface area (Å²) in [6, 6.07) is 5.45. The lowest BCUT2D eigenvalue weighted by Crippen LogP contribution is -2.50. The minimum absolute atomic E-state index is 0.0490. The number of ether oxygens (including phenoxy) is 2. The number of anilines is 3. The number of carbonyl (C=O) groups is 1. The van der Waals surface area contributed by atoms with E-state index < -0.39 is 18.2 Å². The van der Waals surface area contributed by atoms with Crippen molar-refractivity contribution in [2.75, 3.05) is 43.5 Å². The molecule has 1 aliphatic rings. The fourth-order valence-corrected chi connectivity index (χ4v) is 3.55. The molecule has 2 heterocycles. The lowest BCUT2D eigenvalue weighted by molar-refractivity contribution is -0.127. The van der Waals surface area contributed by atoms with Crippen molar-refractivity contribution in [3.63, 3.8) is 0 Å². The van der Waals surface area contributed by atoms with Crippen molar-refractivity contribution in [2.45, 2.75) is 39.0 Å². The van der Waals surface area contributed by atoms with Crippen LogP contribution in [0.25, 0.3) is 0 Å². The molecule has 1 amide bonds. The molecule has 0 saturated carbocycles. The molecule has 1 aromatic heterocycles. The first kappa shape index (κ1) is 25.7. The van der Waals surface area contributed by atoms with Gasteiger partial charge < -0.3 is 24.6 Å². The highest BCUT2D eigenvalue weighted by Gasteiger charge is 2.30. The minimum atomic E-state index is -4.40. The largest absolute Gasteiger partial charge is 0.494 e. The number of rotatable bonds is 5. The summed E-state index contributed by atoms with van der Waals surface area (Å²) in [4.78, 5) is 23.9. The number of benzene rings is 1. The Labute approximate surface area is 201 Å². The van der Waals surface area contributed by atoms with Gasteiger partial charge in [0.1, 0.15) is 16.5 Å². The number of carbonyl (C=O) groups excluding carboxylic acids is 1. The van der Waals surface area contributed by atoms with E-state index in [1.54, 1.807) is 11.0 Å². The van der Waals surface area contributed by atoms with Gasteiger partial charge in [-0.15, -0.1) is 0 Å². The van der Waals surface area contributed by atoms with Gasteiger partial charge in [-0.3, -0.25) is 0 Å². The number of hydrogen-bond acceptors (Lipinski definition) is 7. The molecule has 1 aromatic carbocycles. The standard InChI is InChI=1S/C22H27ClF3N5O3/c1-21(2,3)34-20(32)31-9-7-30(8-10-31)15-5-6-16(17(11-15)33-4)28-19-27-13-14(18(23)29-19)12-22(24,25)26/h5-6,11,13H,7-10,12H2,1-4H3,(H,27,28,29). The average Bonchev–Trinajstić information content (AvgIpc) is 2.74. The Balaban J connectivity index is 1.66. The molecular formula is C22H27ClF3N5O3. The van der Waals surface area contributed by atoms with Gasteiger partial charge in [0.25, 0.3) is 0 Å². The fraction of sp³-hybridized carbons (Fsp3) is 0.500. The maximum Gasteiger partial charge on any atom is 0.410 e. The average molecular weight is 502 g/mol. The molecule has 0 bridgehead atoms. The zero-order valence-electron chi connectivity index (χ0n) is 19.4. The number of amides is 1. The molecule has 1 N–H and O–H groups in total. The molecule has 1 fully saturated rings. The lowest BCUT2D eigenvalue weighted by Gasteiger charge is -2.37. The second-order valence-electron chi connectivity index (χ2n) is 8.77. The predicted octanol–water partition coefficient (Wildman–Crippen LogP) is 5.04. The molecule has 1 saturated heterocycles. The van der Waals surface area contributed by atoms with Crippen LogP contribution in [0.4, 0.5) is 35.3 Å². The molecule has 34 heavy (non-hydrogen) atoms. The summed E-state index contributed by atoms with van der Waals surface area (Å²) in [6.07, 6.45) is -4.88. The molecule has 0 unspecified atom stereocenters. The van der Waals surface area contributed by atoms with Crippen molar-refractivity contribution in [1.29, 1.82) is 0 Å². The number of piperazine rings is 1. The second kappa shape index (κ2) is 10.1. The van der Waals surface area contributed by atoms with Gasteiger partial charge >= 0.3 is 12.3 Å². The smallest absolute Gasteiger partial charge is 0.410 e. The Hall–Kier alpha value is -2.95. The number of nitrogens with zero attached hydrogens (tertiary/aromatic N) is 4. The quantitative estimate of drug-likeness (QED) is 0.575. The van der Waals surface area contributed by atoms with Crippen LogP contribution in [-0.2, 0) is 11.2 Å². The van der Waals surface area contributed by atoms with Gasteiger partial charge in [0.05, 0.1) is 19.2 Å². The Bertz CT molecular complexity index is 1020. The monoisotopic (exact) mass is 501 g/mol. The Morgan fingerprint density at radius 1 is 1.18 bits per heavy atom. The maximum atomic E-state index is 12.6. The summed E-state index contributed by atoms with van der Waals surface area (Å²) in [5.41, 5.74) is 0.674. The van der Waals surface area contributed by atoms with Gasteiger partial charge in [-0.05, 0) is 32.9 Å². The van der Waals surface area contributed by atoms with E-state index in [1.165, 1.54) is 7.11 Å². The first-order valence-corrected chi connectivity index (χ1v) is 11.0. The van der Waals surface area contributed by atoms with Gasteiger partial charge in [0, 0.05) is 49.7 Å². The van der Waals surface area contributed by atoms with Gasteiger partial charge in [0.15, 0.2) is 0 Å². The number of hydrogen-bond donors (Lipinski definition) is 1. The van der Waals surface area contributed by atoms with Crippen molar-refractivity contribution in [3.05, 3.63) is 35.1 Å². The first-order chi connectivity index (χ1) is 15.8. The Morgan fingerprint density at radius 3 is 2.41 bits per heavy atom. The molecule has 186 valence electrons. The van der Waals surface area contributed by atoms with Crippen molar-refractivity contribution in [1.82, 2.24) is 14.9 Å². The van der Waals surface area contributed by atoms with E-state index in [-0.39, 0.29) is 22.8 Å². The van der Waals surface area contributed by atoms with Crippen molar-refractivity contribution in [2.24, 2.45) is 0 Å². The van der Waals surface area contributed by atoms with Gasteiger partial charge in [-0.25, -0.2) is 14.8 Å². The number of alkyl halides is 3. The predicted molar refractivity (Wildman–Crippen MR) is 123 cm³/mol. The SMILES string of the molecule is COc1cc(N2CCN(C(=O)OC(C)(C)C)CC2)ccc1Nc1ncc(CC(F)(F)F)c(Cl)n1. The number of methoxy groups -OCH3 is 1. The minimum Gasteiger partial charge on any atom is -0.494 e. The summed E-state index contributed by atoms with van der Waals surface area (Å²) >= 11 is 5.91. The van der Waals surface area contributed by atoms with Crippen LogP contribution < -0.4 is 15.0 Å². The third-order valence-electron chi connectivity index (χ3n) is 4.93. The molecular weight excluding hydrogens is 475 g/mol. The first-order valence-electron chi connectivity index (χ1n) is 10.6. The fourth-order valence-electron chi connectivity index (χ4n) is 3.35. The van der Waals surface area contributed by atoms with Crippen LogP contribution in [0.2, 0.25) is 5.15 Å². The normalized spacial score (nSPS) is 14.7. The third kappa shape index (κ3) is 7.02. The summed E-state index contributed by atoms with van der Waals surface area (Å²) in [5.74, 6) is 0.541. The highest BCUT2D eigenvalue weighted by molar-refractivity contribution is 6.30. The van der Waals surface area contributed by atoms with Crippen molar-refractivity contribution < 1.29 is 27.4 Å². The van der Waals surface area contributed by atoms with Crippen LogP contribution in [0.5, 0.6) is 5.75 Å². The Morgan fingerprint density at radius 2 is 1.85 bits per heavy atom. The van der Waals surface area contributed by atoms with E-state index in [4.69, 9.17) is 21.1 Å². The van der Waals surface area contributed by atoms with Gasteiger partial charge in [-0.1, -0.05) is 11.6 Å². The Kier molecular flexibility index (Phi) is 7.64. The highest BCUT2D eigenvalue weighted by Crippen LogP contribution is 2.33. The number of aromatic nitrogens is 2. The van der Waals surface area contributed by atoms with Crippen molar-refractivity contribution >= 4 is 35.0 Å². The topological polar surface area (TPSA) is 79.8 Å². The number of nitrogens with one attached hydrogen (secondary N) is 1.